The summed E-state index contributed by atoms with van der Waals surface area (Å²) in [5.74, 6) is 0.0482. The highest BCUT2D eigenvalue weighted by Crippen LogP contribution is 2.38. The van der Waals surface area contributed by atoms with Gasteiger partial charge in [-0.1, -0.05) is 25.0 Å². The molecule has 1 aromatic carbocycles. The van der Waals surface area contributed by atoms with Crippen molar-refractivity contribution in [1.29, 1.82) is 0 Å². The van der Waals surface area contributed by atoms with Crippen molar-refractivity contribution >= 4 is 5.97 Å². The van der Waals surface area contributed by atoms with Crippen LogP contribution in [0, 0.1) is 5.92 Å². The van der Waals surface area contributed by atoms with Gasteiger partial charge >= 0.3 is 5.97 Å². The van der Waals surface area contributed by atoms with Crippen molar-refractivity contribution < 1.29 is 14.6 Å². The smallest absolute Gasteiger partial charge is 0.307 e. The van der Waals surface area contributed by atoms with E-state index in [0.29, 0.717) is 0 Å². The van der Waals surface area contributed by atoms with E-state index in [1.807, 2.05) is 38.1 Å². The van der Waals surface area contributed by atoms with E-state index in [9.17, 15) is 9.90 Å². The molecule has 1 aliphatic rings. The molecule has 2 unspecified atom stereocenters. The molecule has 1 aromatic rings. The molecule has 104 valence electrons. The van der Waals surface area contributed by atoms with Crippen molar-refractivity contribution in [1.82, 2.24) is 0 Å². The SMILES string of the molecule is CC(C)Oc1cccc(C2CCCCC2C(=O)O)c1. The van der Waals surface area contributed by atoms with Crippen LogP contribution in [0.1, 0.15) is 51.0 Å². The highest BCUT2D eigenvalue weighted by molar-refractivity contribution is 5.71. The second-order valence-corrected chi connectivity index (χ2v) is 5.57. The molecule has 3 heteroatoms. The van der Waals surface area contributed by atoms with Gasteiger partial charge in [0.05, 0.1) is 12.0 Å². The minimum Gasteiger partial charge on any atom is -0.491 e. The molecule has 0 heterocycles. The highest BCUT2D eigenvalue weighted by Gasteiger charge is 2.31. The first-order valence-electron chi connectivity index (χ1n) is 7.07. The topological polar surface area (TPSA) is 46.5 Å². The Morgan fingerprint density at radius 2 is 2.05 bits per heavy atom. The summed E-state index contributed by atoms with van der Waals surface area (Å²) in [6.07, 6.45) is 4.02. The highest BCUT2D eigenvalue weighted by atomic mass is 16.5. The standard InChI is InChI=1S/C16H22O3/c1-11(2)19-13-7-5-6-12(10-13)14-8-3-4-9-15(14)16(17)18/h5-7,10-11,14-15H,3-4,8-9H2,1-2H3,(H,17,18). The number of benzene rings is 1. The average molecular weight is 262 g/mol. The summed E-state index contributed by atoms with van der Waals surface area (Å²) in [4.78, 5) is 11.4. The fourth-order valence-electron chi connectivity index (χ4n) is 2.92. The zero-order chi connectivity index (χ0) is 13.8. The van der Waals surface area contributed by atoms with Gasteiger partial charge in [0.25, 0.3) is 0 Å². The summed E-state index contributed by atoms with van der Waals surface area (Å²) in [6, 6.07) is 7.92. The van der Waals surface area contributed by atoms with Crippen LogP contribution < -0.4 is 4.74 Å². The fraction of sp³-hybridized carbons (Fsp3) is 0.562. The minimum atomic E-state index is -0.667. The molecule has 2 atom stereocenters. The van der Waals surface area contributed by atoms with Crippen LogP contribution in [0.4, 0.5) is 0 Å². The van der Waals surface area contributed by atoms with Crippen LogP contribution >= 0.6 is 0 Å². The van der Waals surface area contributed by atoms with Crippen molar-refractivity contribution in [2.24, 2.45) is 5.92 Å². The Hall–Kier alpha value is -1.51. The molecule has 0 amide bonds. The van der Waals surface area contributed by atoms with E-state index in [1.165, 1.54) is 0 Å². The maximum Gasteiger partial charge on any atom is 0.307 e. The van der Waals surface area contributed by atoms with Gasteiger partial charge in [-0.2, -0.15) is 0 Å². The molecule has 1 fully saturated rings. The first-order valence-corrected chi connectivity index (χ1v) is 7.07. The van der Waals surface area contributed by atoms with Gasteiger partial charge in [0.1, 0.15) is 5.75 Å². The van der Waals surface area contributed by atoms with Gasteiger partial charge in [-0.05, 0) is 50.3 Å². The minimum absolute atomic E-state index is 0.127. The first kappa shape index (κ1) is 13.9. The maximum absolute atomic E-state index is 11.4. The number of hydrogen-bond donors (Lipinski definition) is 1. The molecule has 2 rings (SSSR count). The van der Waals surface area contributed by atoms with Crippen molar-refractivity contribution in [3.05, 3.63) is 29.8 Å². The van der Waals surface area contributed by atoms with Crippen LogP contribution in [-0.2, 0) is 4.79 Å². The number of aliphatic carboxylic acids is 1. The number of carbonyl (C=O) groups is 1. The van der Waals surface area contributed by atoms with E-state index in [4.69, 9.17) is 4.74 Å². The summed E-state index contributed by atoms with van der Waals surface area (Å²) >= 11 is 0. The summed E-state index contributed by atoms with van der Waals surface area (Å²) in [5.41, 5.74) is 1.10. The van der Waals surface area contributed by atoms with Crippen LogP contribution in [0.15, 0.2) is 24.3 Å². The van der Waals surface area contributed by atoms with Crippen LogP contribution in [0.2, 0.25) is 0 Å². The van der Waals surface area contributed by atoms with Gasteiger partial charge in [0.2, 0.25) is 0 Å². The molecule has 1 saturated carbocycles. The molecule has 0 aliphatic heterocycles. The fourth-order valence-corrected chi connectivity index (χ4v) is 2.92. The largest absolute Gasteiger partial charge is 0.491 e. The van der Waals surface area contributed by atoms with Crippen LogP contribution in [-0.4, -0.2) is 17.2 Å². The van der Waals surface area contributed by atoms with E-state index < -0.39 is 5.97 Å². The third kappa shape index (κ3) is 3.49. The molecule has 0 radical (unpaired) electrons. The lowest BCUT2D eigenvalue weighted by atomic mass is 9.75. The molecule has 19 heavy (non-hydrogen) atoms. The zero-order valence-corrected chi connectivity index (χ0v) is 11.6. The summed E-state index contributed by atoms with van der Waals surface area (Å²) in [6.45, 7) is 3.99. The predicted molar refractivity (Wildman–Crippen MR) is 74.5 cm³/mol. The van der Waals surface area contributed by atoms with E-state index in [2.05, 4.69) is 0 Å². The van der Waals surface area contributed by atoms with E-state index in [1.54, 1.807) is 0 Å². The molecular weight excluding hydrogens is 240 g/mol. The number of rotatable bonds is 4. The summed E-state index contributed by atoms with van der Waals surface area (Å²) in [5, 5.41) is 9.35. The second-order valence-electron chi connectivity index (χ2n) is 5.57. The molecule has 0 saturated heterocycles. The molecule has 0 bridgehead atoms. The van der Waals surface area contributed by atoms with Gasteiger partial charge in [0, 0.05) is 0 Å². The molecule has 3 nitrogen and oxygen atoms in total. The summed E-state index contributed by atoms with van der Waals surface area (Å²) in [7, 11) is 0. The van der Waals surface area contributed by atoms with E-state index in [0.717, 1.165) is 37.0 Å². The molecular formula is C16H22O3. The van der Waals surface area contributed by atoms with Crippen molar-refractivity contribution in [2.45, 2.75) is 51.6 Å². The zero-order valence-electron chi connectivity index (χ0n) is 11.6. The quantitative estimate of drug-likeness (QED) is 0.897. The molecule has 1 aliphatic carbocycles. The second kappa shape index (κ2) is 6.09. The predicted octanol–water partition coefficient (Wildman–Crippen LogP) is 3.83. The van der Waals surface area contributed by atoms with Gasteiger partial charge in [-0.3, -0.25) is 4.79 Å². The Labute approximate surface area is 114 Å². The van der Waals surface area contributed by atoms with Crippen LogP contribution in [0.3, 0.4) is 0 Å². The monoisotopic (exact) mass is 262 g/mol. The van der Waals surface area contributed by atoms with Crippen molar-refractivity contribution in [2.75, 3.05) is 0 Å². The third-order valence-electron chi connectivity index (χ3n) is 3.74. The number of carboxylic acids is 1. The number of hydrogen-bond acceptors (Lipinski definition) is 2. The summed E-state index contributed by atoms with van der Waals surface area (Å²) < 4.78 is 5.69. The Kier molecular flexibility index (Phi) is 4.46. The Morgan fingerprint density at radius 1 is 1.32 bits per heavy atom. The number of ether oxygens (including phenoxy) is 1. The first-order chi connectivity index (χ1) is 9.08. The lowest BCUT2D eigenvalue weighted by molar-refractivity contribution is -0.143. The molecule has 1 N–H and O–H groups in total. The average Bonchev–Trinajstić information content (AvgIpc) is 2.38. The van der Waals surface area contributed by atoms with Crippen molar-refractivity contribution in [3.63, 3.8) is 0 Å². The Morgan fingerprint density at radius 3 is 2.74 bits per heavy atom. The van der Waals surface area contributed by atoms with Crippen LogP contribution in [0.5, 0.6) is 5.75 Å². The van der Waals surface area contributed by atoms with Crippen LogP contribution in [0.25, 0.3) is 0 Å². The third-order valence-corrected chi connectivity index (χ3v) is 3.74. The molecule has 0 spiro atoms. The van der Waals surface area contributed by atoms with Gasteiger partial charge in [-0.25, -0.2) is 0 Å². The van der Waals surface area contributed by atoms with Gasteiger partial charge < -0.3 is 9.84 Å². The Bertz CT molecular complexity index is 439. The number of carboxylic acid groups (broad SMARTS) is 1. The van der Waals surface area contributed by atoms with Crippen molar-refractivity contribution in [3.8, 4) is 5.75 Å². The van der Waals surface area contributed by atoms with Gasteiger partial charge in [0.15, 0.2) is 0 Å². The lowest BCUT2D eigenvalue weighted by Gasteiger charge is -2.29. The maximum atomic E-state index is 11.4. The molecule has 0 aromatic heterocycles. The van der Waals surface area contributed by atoms with E-state index >= 15 is 0 Å². The van der Waals surface area contributed by atoms with Gasteiger partial charge in [-0.15, -0.1) is 0 Å². The lowest BCUT2D eigenvalue weighted by Crippen LogP contribution is -2.25. The normalized spacial score (nSPS) is 23.3. The Balaban J connectivity index is 2.21. The van der Waals surface area contributed by atoms with E-state index in [-0.39, 0.29) is 17.9 Å².